The zero-order valence-electron chi connectivity index (χ0n) is 22.1. The predicted octanol–water partition coefficient (Wildman–Crippen LogP) is 2.88. The zero-order valence-corrected chi connectivity index (χ0v) is 23.0. The van der Waals surface area contributed by atoms with Gasteiger partial charge in [-0.15, -0.1) is 0 Å². The highest BCUT2D eigenvalue weighted by Gasteiger charge is 2.35. The molecule has 39 heavy (non-hydrogen) atoms. The maximum atomic E-state index is 13.7. The van der Waals surface area contributed by atoms with Crippen molar-refractivity contribution < 1.29 is 33.1 Å². The third kappa shape index (κ3) is 6.92. The summed E-state index contributed by atoms with van der Waals surface area (Å²) in [6, 6.07) is 18.9. The van der Waals surface area contributed by atoms with Gasteiger partial charge in [0.2, 0.25) is 11.8 Å². The molecule has 3 aromatic rings. The van der Waals surface area contributed by atoms with Gasteiger partial charge in [-0.3, -0.25) is 9.59 Å². The molecule has 3 aromatic carbocycles. The van der Waals surface area contributed by atoms with Crippen LogP contribution in [0.5, 0.6) is 0 Å². The molecule has 0 saturated heterocycles. The highest BCUT2D eigenvalue weighted by Crippen LogP contribution is 2.45. The molecular weight excluding hydrogens is 519 g/mol. The lowest BCUT2D eigenvalue weighted by Crippen LogP contribution is -2.53. The van der Waals surface area contributed by atoms with E-state index < -0.39 is 37.4 Å². The summed E-state index contributed by atoms with van der Waals surface area (Å²) in [7, 11) is -3.78. The van der Waals surface area contributed by atoms with Gasteiger partial charge in [0.25, 0.3) is 0 Å². The van der Waals surface area contributed by atoms with Crippen LogP contribution < -0.4 is 15.5 Å². The minimum atomic E-state index is -4.93. The van der Waals surface area contributed by atoms with Crippen LogP contribution in [0.3, 0.4) is 0 Å². The van der Waals surface area contributed by atoms with E-state index in [1.54, 1.807) is 50.2 Å². The number of amides is 2. The van der Waals surface area contributed by atoms with E-state index in [2.05, 4.69) is 10.6 Å². The molecule has 0 radical (unpaired) electrons. The van der Waals surface area contributed by atoms with Crippen LogP contribution in [0, 0.1) is 5.92 Å². The van der Waals surface area contributed by atoms with Gasteiger partial charge >= 0.3 is 5.97 Å². The first kappa shape index (κ1) is 28.5. The maximum Gasteiger partial charge on any atom is 0.335 e. The van der Waals surface area contributed by atoms with Crippen molar-refractivity contribution in [3.05, 3.63) is 83.4 Å². The fourth-order valence-corrected chi connectivity index (χ4v) is 6.07. The number of methoxy groups -OCH3 is 1. The summed E-state index contributed by atoms with van der Waals surface area (Å²) in [4.78, 5) is 52.4. The largest absolute Gasteiger partial charge is 0.777 e. The van der Waals surface area contributed by atoms with Gasteiger partial charge in [-0.25, -0.2) is 4.79 Å². The molecule has 1 aliphatic rings. The number of ether oxygens (including phenoxy) is 1. The molecule has 2 N–H and O–H groups in total. The van der Waals surface area contributed by atoms with Crippen LogP contribution in [-0.4, -0.2) is 42.8 Å². The third-order valence-electron chi connectivity index (χ3n) is 6.78. The Hall–Kier alpha value is -3.52. The standard InChI is InChI=1S/C29H33N2O7P/c1-18(2)27-28(33)31-26(39(35,36)38-24(29(34)37-3)15-19-8-5-4-6-9-19)16-20-12-13-21-10-7-11-22(23(21)14-20)17-25(32)30-27/h4-14,18,24,26-27H,15-17H2,1-3H3,(H,30,32)(H,31,33)(H,35,36)/p-1/t24-,26+,27-/m0/s1. The lowest BCUT2D eigenvalue weighted by atomic mass is 9.97. The van der Waals surface area contributed by atoms with Crippen molar-refractivity contribution in [1.29, 1.82) is 0 Å². The van der Waals surface area contributed by atoms with E-state index in [1.165, 1.54) is 0 Å². The minimum absolute atomic E-state index is 0.0373. The molecule has 0 aromatic heterocycles. The highest BCUT2D eigenvalue weighted by molar-refractivity contribution is 7.52. The normalized spacial score (nSPS) is 20.3. The van der Waals surface area contributed by atoms with Crippen molar-refractivity contribution in [1.82, 2.24) is 10.6 Å². The van der Waals surface area contributed by atoms with E-state index in [-0.39, 0.29) is 31.1 Å². The van der Waals surface area contributed by atoms with Crippen LogP contribution in [0.1, 0.15) is 30.5 Å². The smallest absolute Gasteiger partial charge is 0.335 e. The van der Waals surface area contributed by atoms with E-state index >= 15 is 0 Å². The fourth-order valence-electron chi connectivity index (χ4n) is 4.69. The molecule has 9 nitrogen and oxygen atoms in total. The first-order valence-electron chi connectivity index (χ1n) is 12.8. The molecule has 0 spiro atoms. The van der Waals surface area contributed by atoms with Gasteiger partial charge in [-0.2, -0.15) is 0 Å². The second kappa shape index (κ2) is 12.1. The van der Waals surface area contributed by atoms with Gasteiger partial charge in [0.15, 0.2) is 13.7 Å². The molecular formula is C29H32N2O7P-. The molecule has 1 unspecified atom stereocenters. The number of benzene rings is 3. The molecule has 2 amide bonds. The summed E-state index contributed by atoms with van der Waals surface area (Å²) in [6.45, 7) is 3.52. The summed E-state index contributed by atoms with van der Waals surface area (Å²) >= 11 is 0. The van der Waals surface area contributed by atoms with Crippen LogP contribution in [0.25, 0.3) is 10.8 Å². The summed E-state index contributed by atoms with van der Waals surface area (Å²) in [5, 5.41) is 7.05. The topological polar surface area (TPSA) is 134 Å². The second-order valence-electron chi connectivity index (χ2n) is 10.0. The fraction of sp³-hybridized carbons (Fsp3) is 0.345. The summed E-state index contributed by atoms with van der Waals surface area (Å²) < 4.78 is 24.0. The van der Waals surface area contributed by atoms with Crippen LogP contribution >= 0.6 is 7.60 Å². The van der Waals surface area contributed by atoms with Crippen LogP contribution in [0.15, 0.2) is 66.7 Å². The van der Waals surface area contributed by atoms with Crippen molar-refractivity contribution in [2.45, 2.75) is 51.0 Å². The SMILES string of the molecule is COC(=O)[C@H](Cc1ccccc1)OP(=O)([O-])[C@@H]1Cc2ccc3cccc(c3c2)CC(=O)N[C@@H](C(C)C)C(=O)N1. The highest BCUT2D eigenvalue weighted by atomic mass is 31.2. The van der Waals surface area contributed by atoms with Crippen LogP contribution in [0.4, 0.5) is 0 Å². The van der Waals surface area contributed by atoms with Crippen molar-refractivity contribution in [3.63, 3.8) is 0 Å². The third-order valence-corrected chi connectivity index (χ3v) is 8.40. The Balaban J connectivity index is 1.73. The van der Waals surface area contributed by atoms with Gasteiger partial charge in [-0.1, -0.05) is 80.6 Å². The van der Waals surface area contributed by atoms with Crippen LogP contribution in [0.2, 0.25) is 0 Å². The van der Waals surface area contributed by atoms with Gasteiger partial charge in [0.05, 0.1) is 19.3 Å². The molecule has 1 aliphatic heterocycles. The monoisotopic (exact) mass is 551 g/mol. The molecule has 10 heteroatoms. The number of hydrogen-bond donors (Lipinski definition) is 2. The average molecular weight is 552 g/mol. The lowest BCUT2D eigenvalue weighted by molar-refractivity contribution is -0.208. The molecule has 0 saturated carbocycles. The Morgan fingerprint density at radius 3 is 2.49 bits per heavy atom. The van der Waals surface area contributed by atoms with Gasteiger partial charge in [-0.05, 0) is 33.4 Å². The van der Waals surface area contributed by atoms with Crippen molar-refractivity contribution >= 4 is 36.2 Å². The molecule has 0 fully saturated rings. The number of carbonyl (C=O) groups excluding carboxylic acids is 3. The Kier molecular flexibility index (Phi) is 8.85. The van der Waals surface area contributed by atoms with E-state index in [1.807, 2.05) is 30.3 Å². The predicted molar refractivity (Wildman–Crippen MR) is 145 cm³/mol. The molecule has 4 rings (SSSR count). The van der Waals surface area contributed by atoms with E-state index in [9.17, 15) is 23.8 Å². The number of esters is 1. The Morgan fingerprint density at radius 2 is 1.79 bits per heavy atom. The number of rotatable bonds is 7. The maximum absolute atomic E-state index is 13.7. The Bertz CT molecular complexity index is 1410. The Labute approximate surface area is 227 Å². The summed E-state index contributed by atoms with van der Waals surface area (Å²) in [6.07, 6.45) is -1.51. The average Bonchev–Trinajstić information content (AvgIpc) is 2.90. The zero-order chi connectivity index (χ0) is 28.2. The molecule has 1 heterocycles. The van der Waals surface area contributed by atoms with Crippen molar-refractivity contribution in [2.75, 3.05) is 7.11 Å². The number of fused-ring (bicyclic) bond motifs is 1. The van der Waals surface area contributed by atoms with Crippen molar-refractivity contribution in [3.8, 4) is 0 Å². The number of carbonyl (C=O) groups is 3. The van der Waals surface area contributed by atoms with E-state index in [0.717, 1.165) is 23.4 Å². The van der Waals surface area contributed by atoms with Crippen molar-refractivity contribution in [2.24, 2.45) is 5.92 Å². The van der Waals surface area contributed by atoms with Gasteiger partial charge < -0.3 is 29.4 Å². The Morgan fingerprint density at radius 1 is 1.05 bits per heavy atom. The molecule has 206 valence electrons. The van der Waals surface area contributed by atoms with Gasteiger partial charge in [0.1, 0.15) is 6.04 Å². The molecule has 0 aliphatic carbocycles. The second-order valence-corrected chi connectivity index (χ2v) is 11.9. The molecule has 4 atom stereocenters. The first-order chi connectivity index (χ1) is 18.6. The summed E-state index contributed by atoms with van der Waals surface area (Å²) in [5.74, 6) is -3.68. The molecule has 2 bridgehead atoms. The lowest BCUT2D eigenvalue weighted by Gasteiger charge is -2.36. The van der Waals surface area contributed by atoms with E-state index in [4.69, 9.17) is 9.26 Å². The number of nitrogens with one attached hydrogen (secondary N) is 2. The van der Waals surface area contributed by atoms with E-state index in [0.29, 0.717) is 11.1 Å². The number of hydrogen-bond acceptors (Lipinski definition) is 7. The minimum Gasteiger partial charge on any atom is -0.777 e. The van der Waals surface area contributed by atoms with Gasteiger partial charge in [0, 0.05) is 12.8 Å². The summed E-state index contributed by atoms with van der Waals surface area (Å²) in [5.41, 5.74) is 2.07. The first-order valence-corrected chi connectivity index (χ1v) is 14.4. The van der Waals surface area contributed by atoms with Crippen LogP contribution in [-0.2, 0) is 47.5 Å². The quantitative estimate of drug-likeness (QED) is 0.341.